The van der Waals surface area contributed by atoms with Crippen LogP contribution in [0.15, 0.2) is 27.4 Å². The summed E-state index contributed by atoms with van der Waals surface area (Å²) in [6, 6.07) is 0. The van der Waals surface area contributed by atoms with E-state index in [0.29, 0.717) is 17.6 Å². The number of allylic oxidation sites excluding steroid dienone is 1. The maximum atomic E-state index is 11.5. The number of hydrogen-bond acceptors (Lipinski definition) is 3. The zero-order chi connectivity index (χ0) is 13.0. The third-order valence-corrected chi connectivity index (χ3v) is 2.26. The lowest BCUT2D eigenvalue weighted by atomic mass is 10.2. The highest BCUT2D eigenvalue weighted by Crippen LogP contribution is 1.97. The fraction of sp³-hybridized carbons (Fsp3) is 0.364. The van der Waals surface area contributed by atoms with Crippen molar-refractivity contribution in [2.75, 3.05) is 0 Å². The molecule has 6 nitrogen and oxygen atoms in total. The number of nitrogens with zero attached hydrogens (tertiary/aromatic N) is 1. The van der Waals surface area contributed by atoms with Crippen LogP contribution in [0.3, 0.4) is 0 Å². The van der Waals surface area contributed by atoms with Crippen molar-refractivity contribution in [3.63, 3.8) is 0 Å². The first-order valence-electron chi connectivity index (χ1n) is 5.16. The highest BCUT2D eigenvalue weighted by atomic mass is 16.4. The molecule has 2 N–H and O–H groups in total. The molecule has 1 aromatic heterocycles. The Morgan fingerprint density at radius 2 is 2.18 bits per heavy atom. The second-order valence-corrected chi connectivity index (χ2v) is 3.72. The maximum Gasteiger partial charge on any atom is 0.328 e. The number of carbonyl (C=O) groups is 1. The predicted molar refractivity (Wildman–Crippen MR) is 62.1 cm³/mol. The third kappa shape index (κ3) is 3.44. The minimum atomic E-state index is -1.06. The van der Waals surface area contributed by atoms with E-state index in [2.05, 4.69) is 4.98 Å². The molecule has 0 amide bonds. The van der Waals surface area contributed by atoms with E-state index in [1.54, 1.807) is 13.8 Å². The van der Waals surface area contributed by atoms with Gasteiger partial charge in [0.15, 0.2) is 0 Å². The molecule has 1 heterocycles. The molecular formula is C11H14N2O4. The molecule has 0 radical (unpaired) electrons. The molecule has 92 valence electrons. The van der Waals surface area contributed by atoms with Gasteiger partial charge in [0, 0.05) is 24.4 Å². The first-order chi connectivity index (χ1) is 7.93. The minimum absolute atomic E-state index is 0.148. The highest BCUT2D eigenvalue weighted by Gasteiger charge is 2.04. The van der Waals surface area contributed by atoms with Gasteiger partial charge in [-0.25, -0.2) is 9.59 Å². The van der Waals surface area contributed by atoms with E-state index < -0.39 is 17.2 Å². The van der Waals surface area contributed by atoms with Crippen LogP contribution in [0.4, 0.5) is 0 Å². The van der Waals surface area contributed by atoms with Crippen molar-refractivity contribution in [3.8, 4) is 0 Å². The van der Waals surface area contributed by atoms with Gasteiger partial charge in [0.2, 0.25) is 0 Å². The Labute approximate surface area is 97.2 Å². The van der Waals surface area contributed by atoms with Crippen molar-refractivity contribution in [2.24, 2.45) is 0 Å². The molecule has 1 aromatic rings. The van der Waals surface area contributed by atoms with Crippen molar-refractivity contribution in [2.45, 2.75) is 26.8 Å². The van der Waals surface area contributed by atoms with Gasteiger partial charge in [0.05, 0.1) is 0 Å². The van der Waals surface area contributed by atoms with E-state index in [0.717, 1.165) is 6.08 Å². The first kappa shape index (κ1) is 13.0. The molecule has 0 aliphatic rings. The van der Waals surface area contributed by atoms with Gasteiger partial charge < -0.3 is 5.11 Å². The Kier molecular flexibility index (Phi) is 4.03. The van der Waals surface area contributed by atoms with E-state index in [1.165, 1.54) is 10.8 Å². The highest BCUT2D eigenvalue weighted by molar-refractivity contribution is 5.80. The molecule has 0 saturated heterocycles. The number of aromatic amines is 1. The molecule has 0 aromatic carbocycles. The fourth-order valence-electron chi connectivity index (χ4n) is 1.45. The molecule has 0 fully saturated rings. The van der Waals surface area contributed by atoms with E-state index >= 15 is 0 Å². The van der Waals surface area contributed by atoms with Crippen LogP contribution in [0.25, 0.3) is 0 Å². The second-order valence-electron chi connectivity index (χ2n) is 3.72. The summed E-state index contributed by atoms with van der Waals surface area (Å²) in [5.41, 5.74) is 0.0837. The average molecular weight is 238 g/mol. The van der Waals surface area contributed by atoms with Crippen molar-refractivity contribution >= 4 is 5.97 Å². The summed E-state index contributed by atoms with van der Waals surface area (Å²) in [5, 5.41) is 8.55. The molecular weight excluding hydrogens is 224 g/mol. The number of aliphatic carboxylic acids is 1. The number of carboxylic acids is 1. The van der Waals surface area contributed by atoms with Gasteiger partial charge >= 0.3 is 11.7 Å². The lowest BCUT2D eigenvalue weighted by Gasteiger charge is -2.06. The Balaban J connectivity index is 3.12. The normalized spacial score (nSPS) is 11.5. The summed E-state index contributed by atoms with van der Waals surface area (Å²) in [5.74, 6) is -1.06. The number of hydrogen-bond donors (Lipinski definition) is 2. The van der Waals surface area contributed by atoms with Crippen molar-refractivity contribution < 1.29 is 9.90 Å². The standard InChI is InChI=1S/C11H14N2O4/c1-3-8-6-13(11(17)12-10(8)16)5-7(2)4-9(14)15/h4,6H,3,5H2,1-2H3,(H,14,15)(H,12,16,17). The van der Waals surface area contributed by atoms with Crippen LogP contribution in [0.5, 0.6) is 0 Å². The summed E-state index contributed by atoms with van der Waals surface area (Å²) in [4.78, 5) is 35.4. The van der Waals surface area contributed by atoms with E-state index in [-0.39, 0.29) is 6.54 Å². The topological polar surface area (TPSA) is 92.2 Å². The number of aromatic nitrogens is 2. The van der Waals surface area contributed by atoms with Crippen LogP contribution in [0.1, 0.15) is 19.4 Å². The van der Waals surface area contributed by atoms with Gasteiger partial charge in [0.25, 0.3) is 5.56 Å². The number of H-pyrrole nitrogens is 1. The van der Waals surface area contributed by atoms with Crippen LogP contribution < -0.4 is 11.2 Å². The molecule has 0 spiro atoms. The summed E-state index contributed by atoms with van der Waals surface area (Å²) in [7, 11) is 0. The Bertz CT molecular complexity index is 566. The number of carboxylic acid groups (broad SMARTS) is 1. The van der Waals surface area contributed by atoms with Crippen molar-refractivity contribution in [1.29, 1.82) is 0 Å². The van der Waals surface area contributed by atoms with Gasteiger partial charge in [-0.15, -0.1) is 0 Å². The molecule has 0 atom stereocenters. The van der Waals surface area contributed by atoms with Crippen molar-refractivity contribution in [3.05, 3.63) is 44.2 Å². The van der Waals surface area contributed by atoms with E-state index in [4.69, 9.17) is 5.11 Å². The van der Waals surface area contributed by atoms with Crippen LogP contribution in [-0.2, 0) is 17.8 Å². The summed E-state index contributed by atoms with van der Waals surface area (Å²) in [6.45, 7) is 3.56. The molecule has 0 saturated carbocycles. The Morgan fingerprint density at radius 3 is 2.71 bits per heavy atom. The predicted octanol–water partition coefficient (Wildman–Crippen LogP) is 0.130. The number of nitrogens with one attached hydrogen (secondary N) is 1. The quantitative estimate of drug-likeness (QED) is 0.729. The molecule has 17 heavy (non-hydrogen) atoms. The zero-order valence-electron chi connectivity index (χ0n) is 9.69. The summed E-state index contributed by atoms with van der Waals surface area (Å²) in [6.07, 6.45) is 3.00. The Morgan fingerprint density at radius 1 is 1.53 bits per heavy atom. The third-order valence-electron chi connectivity index (χ3n) is 2.26. The molecule has 0 bridgehead atoms. The maximum absolute atomic E-state index is 11.5. The van der Waals surface area contributed by atoms with Gasteiger partial charge in [-0.3, -0.25) is 14.3 Å². The second kappa shape index (κ2) is 5.29. The van der Waals surface area contributed by atoms with Gasteiger partial charge in [-0.2, -0.15) is 0 Å². The lowest BCUT2D eigenvalue weighted by molar-refractivity contribution is -0.131. The minimum Gasteiger partial charge on any atom is -0.478 e. The van der Waals surface area contributed by atoms with Crippen LogP contribution in [-0.4, -0.2) is 20.6 Å². The van der Waals surface area contributed by atoms with Gasteiger partial charge in [0.1, 0.15) is 0 Å². The summed E-state index contributed by atoms with van der Waals surface area (Å²) >= 11 is 0. The zero-order valence-corrected chi connectivity index (χ0v) is 9.69. The fourth-order valence-corrected chi connectivity index (χ4v) is 1.45. The van der Waals surface area contributed by atoms with Crippen LogP contribution in [0, 0.1) is 0 Å². The smallest absolute Gasteiger partial charge is 0.328 e. The number of aryl methyl sites for hydroxylation is 1. The molecule has 0 unspecified atom stereocenters. The average Bonchev–Trinajstić information content (AvgIpc) is 2.20. The van der Waals surface area contributed by atoms with E-state index in [9.17, 15) is 14.4 Å². The van der Waals surface area contributed by atoms with Gasteiger partial charge in [-0.1, -0.05) is 6.92 Å². The SMILES string of the molecule is CCc1cn(CC(C)=CC(=O)O)c(=O)[nH]c1=O. The van der Waals surface area contributed by atoms with Crippen LogP contribution >= 0.6 is 0 Å². The first-order valence-corrected chi connectivity index (χ1v) is 5.16. The number of rotatable bonds is 4. The van der Waals surface area contributed by atoms with Crippen LogP contribution in [0.2, 0.25) is 0 Å². The molecule has 6 heteroatoms. The largest absolute Gasteiger partial charge is 0.478 e. The van der Waals surface area contributed by atoms with Crippen molar-refractivity contribution in [1.82, 2.24) is 9.55 Å². The monoisotopic (exact) mass is 238 g/mol. The Hall–Kier alpha value is -2.11. The van der Waals surface area contributed by atoms with Gasteiger partial charge in [-0.05, 0) is 18.9 Å². The summed E-state index contributed by atoms with van der Waals surface area (Å²) < 4.78 is 1.29. The molecule has 0 aliphatic carbocycles. The molecule has 0 aliphatic heterocycles. The lowest BCUT2D eigenvalue weighted by Crippen LogP contribution is -2.31. The molecule has 1 rings (SSSR count). The van der Waals surface area contributed by atoms with E-state index in [1.807, 2.05) is 0 Å².